The summed E-state index contributed by atoms with van der Waals surface area (Å²) in [6.45, 7) is -1.56. The number of carbonyl (C=O) groups is 1. The Balaban J connectivity index is 1.54. The van der Waals surface area contributed by atoms with Gasteiger partial charge in [-0.25, -0.2) is 13.8 Å². The van der Waals surface area contributed by atoms with Crippen LogP contribution in [0.2, 0.25) is 0 Å². The van der Waals surface area contributed by atoms with E-state index in [1.165, 1.54) is 18.3 Å². The molecular weight excluding hydrogens is 323 g/mol. The third-order valence-electron chi connectivity index (χ3n) is 4.20. The fourth-order valence-electron chi connectivity index (χ4n) is 2.77. The first-order valence-electron chi connectivity index (χ1n) is 6.96. The number of aromatic nitrogens is 1. The Bertz CT molecular complexity index is 624. The van der Waals surface area contributed by atoms with Crippen molar-refractivity contribution in [2.24, 2.45) is 11.3 Å². The van der Waals surface area contributed by atoms with Gasteiger partial charge >= 0.3 is 6.18 Å². The molecule has 1 aromatic rings. The van der Waals surface area contributed by atoms with Gasteiger partial charge < -0.3 is 10.1 Å². The minimum absolute atomic E-state index is 0.0770. The topological polar surface area (TPSA) is 51.2 Å². The lowest BCUT2D eigenvalue weighted by atomic mass is 10.2. The van der Waals surface area contributed by atoms with Gasteiger partial charge in [0.15, 0.2) is 6.61 Å². The fraction of sp³-hybridized carbons (Fsp3) is 0.571. The molecule has 1 heterocycles. The molecule has 1 N–H and O–H groups in total. The van der Waals surface area contributed by atoms with Crippen molar-refractivity contribution in [3.05, 3.63) is 23.9 Å². The van der Waals surface area contributed by atoms with Gasteiger partial charge in [0.2, 0.25) is 11.8 Å². The lowest BCUT2D eigenvalue weighted by Crippen LogP contribution is -2.27. The Kier molecular flexibility index (Phi) is 3.49. The lowest BCUT2D eigenvalue weighted by Gasteiger charge is -2.09. The number of rotatable bonds is 5. The van der Waals surface area contributed by atoms with Gasteiger partial charge in [-0.05, 0) is 24.5 Å². The molecule has 126 valence electrons. The molecule has 4 nitrogen and oxygen atoms in total. The number of nitrogens with one attached hydrogen (secondary N) is 1. The zero-order valence-corrected chi connectivity index (χ0v) is 11.8. The normalized spacial score (nSPS) is 23.4. The molecule has 1 atom stereocenters. The van der Waals surface area contributed by atoms with E-state index in [0.717, 1.165) is 0 Å². The van der Waals surface area contributed by atoms with Gasteiger partial charge in [0.1, 0.15) is 5.92 Å². The number of ether oxygens (including phenoxy) is 1. The van der Waals surface area contributed by atoms with E-state index in [0.29, 0.717) is 18.4 Å². The highest BCUT2D eigenvalue weighted by molar-refractivity contribution is 5.85. The second-order valence-corrected chi connectivity index (χ2v) is 5.84. The van der Waals surface area contributed by atoms with Crippen LogP contribution < -0.4 is 10.1 Å². The first kappa shape index (κ1) is 15.9. The molecule has 2 saturated carbocycles. The zero-order chi connectivity index (χ0) is 16.9. The molecule has 1 spiro atoms. The van der Waals surface area contributed by atoms with Crippen LogP contribution in [-0.2, 0) is 11.3 Å². The van der Waals surface area contributed by atoms with Crippen LogP contribution in [0.25, 0.3) is 0 Å². The standard InChI is InChI=1S/C14H13F5N2O2/c15-13(16,17)7-23-9-5-8(1-4-20-9)6-21-11(22)10-12(2-3-12)14(10,18)19/h1,4-5,10H,2-3,6-7H2,(H,21,22). The van der Waals surface area contributed by atoms with Gasteiger partial charge in [0.05, 0.1) is 5.41 Å². The summed E-state index contributed by atoms with van der Waals surface area (Å²) in [5.74, 6) is -5.22. The molecule has 0 saturated heterocycles. The highest BCUT2D eigenvalue weighted by Gasteiger charge is 2.88. The molecule has 1 aromatic heterocycles. The molecule has 0 bridgehead atoms. The monoisotopic (exact) mass is 336 g/mol. The van der Waals surface area contributed by atoms with E-state index in [-0.39, 0.29) is 12.4 Å². The maximum atomic E-state index is 13.5. The van der Waals surface area contributed by atoms with Crippen LogP contribution in [0.15, 0.2) is 18.3 Å². The predicted octanol–water partition coefficient (Wildman–Crippen LogP) is 2.68. The van der Waals surface area contributed by atoms with E-state index in [1.54, 1.807) is 0 Å². The smallest absolute Gasteiger partial charge is 0.422 e. The SMILES string of the molecule is O=C(NCc1ccnc(OCC(F)(F)F)c1)C1C(F)(F)C12CC2. The van der Waals surface area contributed by atoms with Crippen molar-refractivity contribution >= 4 is 5.91 Å². The summed E-state index contributed by atoms with van der Waals surface area (Å²) in [6.07, 6.45) is -2.56. The summed E-state index contributed by atoms with van der Waals surface area (Å²) < 4.78 is 67.7. The van der Waals surface area contributed by atoms with Crippen molar-refractivity contribution in [3.8, 4) is 5.88 Å². The fourth-order valence-corrected chi connectivity index (χ4v) is 2.77. The number of hydrogen-bond acceptors (Lipinski definition) is 3. The minimum atomic E-state index is -4.48. The van der Waals surface area contributed by atoms with Crippen molar-refractivity contribution in [1.82, 2.24) is 10.3 Å². The Morgan fingerprint density at radius 2 is 2.09 bits per heavy atom. The van der Waals surface area contributed by atoms with Crippen molar-refractivity contribution in [2.45, 2.75) is 31.5 Å². The van der Waals surface area contributed by atoms with E-state index in [9.17, 15) is 26.7 Å². The number of hydrogen-bond donors (Lipinski definition) is 1. The Morgan fingerprint density at radius 3 is 2.65 bits per heavy atom. The van der Waals surface area contributed by atoms with Gasteiger partial charge in [0.25, 0.3) is 5.92 Å². The quantitative estimate of drug-likeness (QED) is 0.841. The molecule has 23 heavy (non-hydrogen) atoms. The Hall–Kier alpha value is -1.93. The Morgan fingerprint density at radius 1 is 1.39 bits per heavy atom. The van der Waals surface area contributed by atoms with Crippen LogP contribution in [0.5, 0.6) is 5.88 Å². The number of nitrogens with zero attached hydrogens (tertiary/aromatic N) is 1. The van der Waals surface area contributed by atoms with E-state index >= 15 is 0 Å². The summed E-state index contributed by atoms with van der Waals surface area (Å²) in [5, 5.41) is 2.39. The maximum absolute atomic E-state index is 13.5. The maximum Gasteiger partial charge on any atom is 0.422 e. The molecule has 2 fully saturated rings. The summed E-state index contributed by atoms with van der Waals surface area (Å²) in [5.41, 5.74) is -0.726. The molecule has 3 rings (SSSR count). The van der Waals surface area contributed by atoms with E-state index in [1.807, 2.05) is 0 Å². The predicted molar refractivity (Wildman–Crippen MR) is 67.7 cm³/mol. The van der Waals surface area contributed by atoms with Crippen molar-refractivity contribution < 1.29 is 31.5 Å². The van der Waals surface area contributed by atoms with Crippen LogP contribution >= 0.6 is 0 Å². The molecule has 1 unspecified atom stereocenters. The molecule has 2 aliphatic carbocycles. The van der Waals surface area contributed by atoms with Crippen LogP contribution in [0.4, 0.5) is 22.0 Å². The third kappa shape index (κ3) is 2.96. The van der Waals surface area contributed by atoms with Gasteiger partial charge in [-0.15, -0.1) is 0 Å². The van der Waals surface area contributed by atoms with Crippen molar-refractivity contribution in [2.75, 3.05) is 6.61 Å². The second kappa shape index (κ2) is 5.04. The summed E-state index contributed by atoms with van der Waals surface area (Å²) >= 11 is 0. The molecule has 2 aliphatic rings. The number of alkyl halides is 5. The van der Waals surface area contributed by atoms with Crippen LogP contribution in [0, 0.1) is 11.3 Å². The summed E-state index contributed by atoms with van der Waals surface area (Å²) in [4.78, 5) is 15.4. The van der Waals surface area contributed by atoms with Gasteiger partial charge in [-0.3, -0.25) is 4.79 Å². The average Bonchev–Trinajstić information content (AvgIpc) is 3.32. The van der Waals surface area contributed by atoms with E-state index in [4.69, 9.17) is 0 Å². The molecule has 1 amide bonds. The van der Waals surface area contributed by atoms with Crippen molar-refractivity contribution in [3.63, 3.8) is 0 Å². The minimum Gasteiger partial charge on any atom is -0.468 e. The molecular formula is C14H13F5N2O2. The van der Waals surface area contributed by atoms with Gasteiger partial charge in [0, 0.05) is 18.8 Å². The van der Waals surface area contributed by atoms with E-state index in [2.05, 4.69) is 15.0 Å². The molecule has 0 radical (unpaired) electrons. The largest absolute Gasteiger partial charge is 0.468 e. The Labute approximate surface area is 128 Å². The van der Waals surface area contributed by atoms with Gasteiger partial charge in [-0.2, -0.15) is 13.2 Å². The van der Waals surface area contributed by atoms with Gasteiger partial charge in [-0.1, -0.05) is 0 Å². The van der Waals surface area contributed by atoms with Crippen LogP contribution in [-0.4, -0.2) is 29.6 Å². The highest BCUT2D eigenvalue weighted by atomic mass is 19.4. The number of amides is 1. The lowest BCUT2D eigenvalue weighted by molar-refractivity contribution is -0.154. The first-order valence-corrected chi connectivity index (χ1v) is 6.96. The van der Waals surface area contributed by atoms with Crippen LogP contribution in [0.3, 0.4) is 0 Å². The summed E-state index contributed by atoms with van der Waals surface area (Å²) in [7, 11) is 0. The zero-order valence-electron chi connectivity index (χ0n) is 11.8. The summed E-state index contributed by atoms with van der Waals surface area (Å²) in [6, 6.07) is 2.68. The molecule has 0 aliphatic heterocycles. The third-order valence-corrected chi connectivity index (χ3v) is 4.20. The molecule has 9 heteroatoms. The van der Waals surface area contributed by atoms with Crippen LogP contribution in [0.1, 0.15) is 18.4 Å². The average molecular weight is 336 g/mol. The number of carbonyl (C=O) groups excluding carboxylic acids is 1. The first-order chi connectivity index (χ1) is 10.7. The highest BCUT2D eigenvalue weighted by Crippen LogP contribution is 2.79. The number of pyridine rings is 1. The molecule has 0 aromatic carbocycles. The second-order valence-electron chi connectivity index (χ2n) is 5.84. The van der Waals surface area contributed by atoms with E-state index < -0.39 is 35.9 Å². The number of halogens is 5. The van der Waals surface area contributed by atoms with Crippen molar-refractivity contribution in [1.29, 1.82) is 0 Å².